The zero-order chi connectivity index (χ0) is 19.9. The van der Waals surface area contributed by atoms with Crippen molar-refractivity contribution in [1.82, 2.24) is 14.5 Å². The Morgan fingerprint density at radius 2 is 1.71 bits per heavy atom. The summed E-state index contributed by atoms with van der Waals surface area (Å²) in [5.74, 6) is 0.0808. The molecule has 0 saturated heterocycles. The van der Waals surface area contributed by atoms with Crippen LogP contribution < -0.4 is 5.73 Å². The summed E-state index contributed by atoms with van der Waals surface area (Å²) in [5.41, 5.74) is 8.18. The van der Waals surface area contributed by atoms with Gasteiger partial charge in [-0.3, -0.25) is 0 Å². The predicted molar refractivity (Wildman–Crippen MR) is 108 cm³/mol. The van der Waals surface area contributed by atoms with Crippen molar-refractivity contribution < 1.29 is 13.2 Å². The first kappa shape index (κ1) is 18.7. The van der Waals surface area contributed by atoms with Crippen molar-refractivity contribution in [2.24, 2.45) is 0 Å². The van der Waals surface area contributed by atoms with Crippen LogP contribution in [0.25, 0.3) is 22.2 Å². The van der Waals surface area contributed by atoms with Gasteiger partial charge in [0.2, 0.25) is 9.84 Å². The SMILES string of the molecule is COCCn1c(N)c(S(=O)(=O)c2ccc(Cl)cc2)c2nc3ccccc3nc21. The van der Waals surface area contributed by atoms with E-state index >= 15 is 0 Å². The number of para-hydroxylation sites is 2. The molecule has 28 heavy (non-hydrogen) atoms. The van der Waals surface area contributed by atoms with Gasteiger partial charge in [0.05, 0.1) is 22.5 Å². The number of sulfone groups is 1. The van der Waals surface area contributed by atoms with Gasteiger partial charge in [0.25, 0.3) is 0 Å². The molecular formula is C19H17ClN4O3S. The van der Waals surface area contributed by atoms with Crippen molar-refractivity contribution in [3.63, 3.8) is 0 Å². The van der Waals surface area contributed by atoms with E-state index in [1.165, 1.54) is 24.3 Å². The summed E-state index contributed by atoms with van der Waals surface area (Å²) in [4.78, 5) is 9.21. The maximum absolute atomic E-state index is 13.4. The summed E-state index contributed by atoms with van der Waals surface area (Å²) in [7, 11) is -2.37. The number of aromatic nitrogens is 3. The van der Waals surface area contributed by atoms with E-state index in [0.29, 0.717) is 34.9 Å². The Kier molecular flexibility index (Phi) is 4.70. The molecule has 2 N–H and O–H groups in total. The molecule has 0 saturated carbocycles. The topological polar surface area (TPSA) is 100 Å². The predicted octanol–water partition coefficient (Wildman–Crippen LogP) is 3.30. The van der Waals surface area contributed by atoms with E-state index in [0.717, 1.165) is 0 Å². The van der Waals surface area contributed by atoms with Gasteiger partial charge in [-0.1, -0.05) is 23.7 Å². The van der Waals surface area contributed by atoms with Crippen LogP contribution in [0.5, 0.6) is 0 Å². The van der Waals surface area contributed by atoms with E-state index in [9.17, 15) is 8.42 Å². The van der Waals surface area contributed by atoms with E-state index in [-0.39, 0.29) is 21.1 Å². The van der Waals surface area contributed by atoms with Crippen LogP contribution >= 0.6 is 11.6 Å². The number of halogens is 1. The zero-order valence-electron chi connectivity index (χ0n) is 15.0. The van der Waals surface area contributed by atoms with Crippen LogP contribution in [0.15, 0.2) is 58.3 Å². The van der Waals surface area contributed by atoms with Crippen LogP contribution in [-0.2, 0) is 21.1 Å². The molecule has 0 bridgehead atoms. The monoisotopic (exact) mass is 416 g/mol. The van der Waals surface area contributed by atoms with Crippen LogP contribution in [0.3, 0.4) is 0 Å². The van der Waals surface area contributed by atoms with E-state index in [4.69, 9.17) is 22.1 Å². The molecule has 2 aromatic heterocycles. The highest BCUT2D eigenvalue weighted by molar-refractivity contribution is 7.92. The fraction of sp³-hybridized carbons (Fsp3) is 0.158. The third-order valence-electron chi connectivity index (χ3n) is 4.46. The molecule has 0 spiro atoms. The Bertz CT molecular complexity index is 1280. The third kappa shape index (κ3) is 2.99. The van der Waals surface area contributed by atoms with Crippen LogP contribution in [0.4, 0.5) is 5.82 Å². The Morgan fingerprint density at radius 1 is 1.07 bits per heavy atom. The summed E-state index contributed by atoms with van der Waals surface area (Å²) >= 11 is 5.90. The van der Waals surface area contributed by atoms with Crippen molar-refractivity contribution >= 4 is 49.5 Å². The standard InChI is InChI=1S/C19H17ClN4O3S/c1-27-11-10-24-18(21)17(28(25,26)13-8-6-12(20)7-9-13)16-19(24)23-15-5-3-2-4-14(15)22-16/h2-9H,10-11,21H2,1H3. The molecule has 0 aliphatic rings. The first-order valence-electron chi connectivity index (χ1n) is 8.47. The van der Waals surface area contributed by atoms with E-state index in [1.54, 1.807) is 17.7 Å². The van der Waals surface area contributed by atoms with Crippen molar-refractivity contribution in [1.29, 1.82) is 0 Å². The molecule has 0 unspecified atom stereocenters. The summed E-state index contributed by atoms with van der Waals surface area (Å²) < 4.78 is 33.5. The molecule has 0 aliphatic heterocycles. The van der Waals surface area contributed by atoms with E-state index in [2.05, 4.69) is 9.97 Å². The number of methoxy groups -OCH3 is 1. The first-order chi connectivity index (χ1) is 13.4. The van der Waals surface area contributed by atoms with Crippen LogP contribution in [-0.4, -0.2) is 36.7 Å². The Balaban J connectivity index is 2.05. The lowest BCUT2D eigenvalue weighted by molar-refractivity contribution is 0.188. The number of ether oxygens (including phenoxy) is 1. The van der Waals surface area contributed by atoms with Gasteiger partial charge in [0, 0.05) is 18.7 Å². The number of nitrogens with zero attached hydrogens (tertiary/aromatic N) is 3. The Morgan fingerprint density at radius 3 is 2.36 bits per heavy atom. The van der Waals surface area contributed by atoms with Crippen LogP contribution in [0, 0.1) is 0 Å². The molecule has 2 aromatic carbocycles. The number of nitrogens with two attached hydrogens (primary N) is 1. The van der Waals surface area contributed by atoms with Gasteiger partial charge < -0.3 is 15.0 Å². The number of fused-ring (bicyclic) bond motifs is 2. The number of hydrogen-bond acceptors (Lipinski definition) is 6. The number of nitrogen functional groups attached to an aromatic ring is 1. The maximum atomic E-state index is 13.4. The van der Waals surface area contributed by atoms with Gasteiger partial charge in [0.15, 0.2) is 5.65 Å². The maximum Gasteiger partial charge on any atom is 0.212 e. The molecule has 0 atom stereocenters. The highest BCUT2D eigenvalue weighted by atomic mass is 35.5. The normalized spacial score (nSPS) is 12.1. The van der Waals surface area contributed by atoms with Gasteiger partial charge in [0.1, 0.15) is 16.2 Å². The van der Waals surface area contributed by atoms with Gasteiger partial charge in [-0.05, 0) is 36.4 Å². The highest BCUT2D eigenvalue weighted by Crippen LogP contribution is 2.35. The van der Waals surface area contributed by atoms with Crippen molar-refractivity contribution in [2.75, 3.05) is 19.5 Å². The molecule has 0 amide bonds. The average Bonchev–Trinajstić information content (AvgIpc) is 2.95. The molecule has 9 heteroatoms. The fourth-order valence-corrected chi connectivity index (χ4v) is 4.73. The molecule has 0 fully saturated rings. The summed E-state index contributed by atoms with van der Waals surface area (Å²) in [5, 5.41) is 0.445. The second-order valence-corrected chi connectivity index (χ2v) is 8.52. The second-order valence-electron chi connectivity index (χ2n) is 6.20. The largest absolute Gasteiger partial charge is 0.384 e. The molecule has 4 rings (SSSR count). The minimum Gasteiger partial charge on any atom is -0.384 e. The molecule has 2 heterocycles. The van der Waals surface area contributed by atoms with Gasteiger partial charge in [-0.25, -0.2) is 18.4 Å². The molecule has 0 aliphatic carbocycles. The van der Waals surface area contributed by atoms with Crippen LogP contribution in [0.1, 0.15) is 0 Å². The van der Waals surface area contributed by atoms with Crippen molar-refractivity contribution in [3.05, 3.63) is 53.6 Å². The number of rotatable bonds is 5. The third-order valence-corrected chi connectivity index (χ3v) is 6.54. The first-order valence-corrected chi connectivity index (χ1v) is 10.3. The lowest BCUT2D eigenvalue weighted by Gasteiger charge is -2.07. The minimum absolute atomic E-state index is 0.0563. The zero-order valence-corrected chi connectivity index (χ0v) is 16.5. The Labute approximate surface area is 166 Å². The quantitative estimate of drug-likeness (QED) is 0.535. The van der Waals surface area contributed by atoms with E-state index in [1.807, 2.05) is 18.2 Å². The number of hydrogen-bond donors (Lipinski definition) is 1. The summed E-state index contributed by atoms with van der Waals surface area (Å²) in [6.45, 7) is 0.699. The van der Waals surface area contributed by atoms with Gasteiger partial charge in [-0.2, -0.15) is 0 Å². The van der Waals surface area contributed by atoms with Gasteiger partial charge in [-0.15, -0.1) is 0 Å². The molecule has 144 valence electrons. The summed E-state index contributed by atoms with van der Waals surface area (Å²) in [6, 6.07) is 13.2. The number of anilines is 1. The lowest BCUT2D eigenvalue weighted by Crippen LogP contribution is -2.10. The molecule has 4 aromatic rings. The van der Waals surface area contributed by atoms with Gasteiger partial charge >= 0.3 is 0 Å². The fourth-order valence-electron chi connectivity index (χ4n) is 3.09. The minimum atomic E-state index is -3.93. The molecule has 7 nitrogen and oxygen atoms in total. The number of benzene rings is 2. The average molecular weight is 417 g/mol. The smallest absolute Gasteiger partial charge is 0.212 e. The Hall–Kier alpha value is -2.68. The lowest BCUT2D eigenvalue weighted by atomic mass is 10.3. The second kappa shape index (κ2) is 7.05. The van der Waals surface area contributed by atoms with Crippen LogP contribution in [0.2, 0.25) is 5.02 Å². The highest BCUT2D eigenvalue weighted by Gasteiger charge is 2.30. The van der Waals surface area contributed by atoms with Crippen molar-refractivity contribution in [3.8, 4) is 0 Å². The summed E-state index contributed by atoms with van der Waals surface area (Å²) in [6.07, 6.45) is 0. The molecule has 0 radical (unpaired) electrons. The van der Waals surface area contributed by atoms with Crippen molar-refractivity contribution in [2.45, 2.75) is 16.3 Å². The van der Waals surface area contributed by atoms with E-state index < -0.39 is 9.84 Å². The molecular weight excluding hydrogens is 400 g/mol.